The van der Waals surface area contributed by atoms with Gasteiger partial charge in [0.05, 0.1) is 49.2 Å². The summed E-state index contributed by atoms with van der Waals surface area (Å²) >= 11 is 0. The zero-order chi connectivity index (χ0) is 91.4. The first kappa shape index (κ1) is 91.2. The minimum Gasteiger partial charge on any atom is -0.444 e. The SMILES string of the molecule is CC(C)(C)OC(=O)N1CCC(OCc2cc(=O)n3[nH]c(-c4ccccc4)nc3n2)(C(=O)NCC2CC2)CC1.O=C(N1CCCCC1)C1(OCc2cc(=O)n3[nH]c(-c4ccccc4)nc3n2)CCCCC1.O=C(NC1CC1)C1(OCc2cc(=O)n3[nH]c(-c4ccccc4)nc3n2)CCCCC1.O=C(NCC1CCC1)C1(OCc2cc(=O)n3[nH]c(-c4ccccc4)nc3n2)CCCCC1. The number of rotatable bonds is 25. The number of aromatic nitrogens is 16. The third kappa shape index (κ3) is 22.0. The molecule has 0 bridgehead atoms. The number of aromatic amines is 4. The third-order valence-electron chi connectivity index (χ3n) is 26.1. The number of piperidine rings is 2. The summed E-state index contributed by atoms with van der Waals surface area (Å²) in [5.41, 5.74) is 0.0145. The van der Waals surface area contributed by atoms with Crippen LogP contribution in [-0.2, 0) is 69.3 Å². The molecule has 12 aromatic rings. The van der Waals surface area contributed by atoms with Gasteiger partial charge in [-0.2, -0.15) is 38.0 Å². The van der Waals surface area contributed by atoms with Gasteiger partial charge in [-0.3, -0.25) is 58.8 Å². The van der Waals surface area contributed by atoms with Crippen LogP contribution in [0.4, 0.5) is 4.79 Å². The highest BCUT2D eigenvalue weighted by Gasteiger charge is 2.48. The van der Waals surface area contributed by atoms with Crippen LogP contribution in [0, 0.1) is 11.8 Å². The molecule has 6 aliphatic carbocycles. The predicted molar refractivity (Wildman–Crippen MR) is 490 cm³/mol. The van der Waals surface area contributed by atoms with Crippen LogP contribution in [0.2, 0.25) is 0 Å². The summed E-state index contributed by atoms with van der Waals surface area (Å²) in [5.74, 6) is 4.36. The number of carbonyl (C=O) groups is 5. The van der Waals surface area contributed by atoms with E-state index in [2.05, 4.69) is 76.2 Å². The van der Waals surface area contributed by atoms with Crippen LogP contribution in [0.25, 0.3) is 68.7 Å². The zero-order valence-corrected chi connectivity index (χ0v) is 75.2. The van der Waals surface area contributed by atoms with Gasteiger partial charge in [0.25, 0.3) is 69.0 Å². The van der Waals surface area contributed by atoms with Crippen molar-refractivity contribution in [3.05, 3.63) is 210 Å². The van der Waals surface area contributed by atoms with Gasteiger partial charge in [-0.1, -0.05) is 186 Å². The molecule has 4 aromatic carbocycles. The number of amides is 5. The second kappa shape index (κ2) is 40.6. The highest BCUT2D eigenvalue weighted by molar-refractivity contribution is 5.87. The Hall–Kier alpha value is -12.7. The molecule has 8 fully saturated rings. The fraction of sp³-hybridized carbons (Fsp3) is 0.495. The average Bonchev–Trinajstić information content (AvgIpc) is 1.42. The van der Waals surface area contributed by atoms with Crippen LogP contribution >= 0.6 is 0 Å². The van der Waals surface area contributed by atoms with Gasteiger partial charge in [-0.05, 0) is 129 Å². The number of ether oxygens (including phenoxy) is 5. The molecule has 694 valence electrons. The Morgan fingerprint density at radius 1 is 0.356 bits per heavy atom. The maximum Gasteiger partial charge on any atom is 0.410 e. The molecule has 35 nitrogen and oxygen atoms in total. The van der Waals surface area contributed by atoms with E-state index in [0.717, 1.165) is 151 Å². The fourth-order valence-electron chi connectivity index (χ4n) is 18.0. The number of fused-ring (bicyclic) bond motifs is 4. The molecule has 7 N–H and O–H groups in total. The van der Waals surface area contributed by atoms with Gasteiger partial charge in [-0.15, -0.1) is 0 Å². The van der Waals surface area contributed by atoms with Crippen LogP contribution in [0.15, 0.2) is 165 Å². The average molecular weight is 1800 g/mol. The number of hydrogen-bond donors (Lipinski definition) is 7. The normalized spacial score (nSPS) is 18.2. The van der Waals surface area contributed by atoms with Crippen molar-refractivity contribution in [2.24, 2.45) is 11.8 Å². The van der Waals surface area contributed by atoms with E-state index in [0.29, 0.717) is 139 Å². The minimum absolute atomic E-state index is 0.0198. The third-order valence-corrected chi connectivity index (χ3v) is 26.1. The van der Waals surface area contributed by atoms with Crippen molar-refractivity contribution in [2.75, 3.05) is 39.3 Å². The molecule has 0 unspecified atom stereocenters. The van der Waals surface area contributed by atoms with Crippen LogP contribution in [0.3, 0.4) is 0 Å². The molecule has 0 spiro atoms. The van der Waals surface area contributed by atoms with Gasteiger partial charge < -0.3 is 49.4 Å². The molecule has 0 radical (unpaired) electrons. The highest BCUT2D eigenvalue weighted by atomic mass is 16.6. The van der Waals surface area contributed by atoms with E-state index in [1.54, 1.807) is 4.90 Å². The Labute approximate surface area is 761 Å². The molecule has 6 saturated carbocycles. The van der Waals surface area contributed by atoms with Crippen molar-refractivity contribution in [2.45, 2.75) is 255 Å². The Balaban J connectivity index is 0.000000123. The van der Waals surface area contributed by atoms with Gasteiger partial charge in [0.2, 0.25) is 0 Å². The standard InChI is InChI=1S/C27H34N6O5.2C24H29N5O3.C22H25N5O3/c1-26(2,3)38-25(36)32-13-11-27(12-14-32,23(35)28-16-18-9-10-18)37-17-20-15-21(34)33-24(29-20)30-22(31-33)19-7-5-4-6-8-19;30-20-16-19(25-23-26-21(27-29(20)23)18-10-4-1-5-11-18)17-32-24(12-6-2-7-13-24)22(31)28-14-8-3-9-15-28;30-20-14-19(26-23-27-21(28-29(20)23)18-10-3-1-4-11-18)16-32-24(12-5-2-6-13-24)22(31)25-15-17-8-7-9-17;28-18-13-17(24-21-25-19(26-27(18)21)15-7-3-1-4-8-15)14-30-22(11-5-2-6-12-22)20(29)23-16-9-10-16/h4-8,15,18H,9-14,16-17H2,1-3H3,(H,28,35)(H,29,30,31);1,4-5,10-11,16H,2-3,6-9,12-15,17H2,(H,25,26,27);1,3-4,10-11,14,17H,2,5-9,12-13,15-16H2,(H,25,31)(H,26,27,28);1,3-4,7-8,13,16H,2,5-6,9-12,14H2,(H,23,29)(H,24,25,26). The first-order valence-electron chi connectivity index (χ1n) is 46.9. The Morgan fingerprint density at radius 2 is 0.667 bits per heavy atom. The van der Waals surface area contributed by atoms with Crippen LogP contribution in [-0.4, -0.2) is 191 Å². The second-order valence-corrected chi connectivity index (χ2v) is 37.2. The molecule has 20 rings (SSSR count). The van der Waals surface area contributed by atoms with Crippen LogP contribution in [0.5, 0.6) is 0 Å². The van der Waals surface area contributed by atoms with E-state index in [9.17, 15) is 43.2 Å². The van der Waals surface area contributed by atoms with E-state index in [1.807, 2.05) is 147 Å². The van der Waals surface area contributed by atoms with Crippen LogP contribution in [0.1, 0.15) is 217 Å². The number of hydrogen-bond acceptors (Lipinski definition) is 22. The number of benzene rings is 4. The number of likely N-dealkylation sites (tertiary alicyclic amines) is 2. The molecule has 8 aromatic heterocycles. The van der Waals surface area contributed by atoms with Crippen LogP contribution < -0.4 is 38.2 Å². The van der Waals surface area contributed by atoms with Gasteiger partial charge in [0, 0.05) is 105 Å². The molecule has 132 heavy (non-hydrogen) atoms. The number of H-pyrrole nitrogens is 4. The topological polar surface area (TPSA) is 426 Å². The predicted octanol–water partition coefficient (Wildman–Crippen LogP) is 12.0. The van der Waals surface area contributed by atoms with Crippen molar-refractivity contribution >= 4 is 52.8 Å². The van der Waals surface area contributed by atoms with Crippen molar-refractivity contribution in [3.8, 4) is 45.6 Å². The van der Waals surface area contributed by atoms with Crippen molar-refractivity contribution in [1.82, 2.24) is 104 Å². The van der Waals surface area contributed by atoms with Crippen molar-refractivity contribution < 1.29 is 47.7 Å². The van der Waals surface area contributed by atoms with E-state index in [4.69, 9.17) is 23.7 Å². The lowest BCUT2D eigenvalue weighted by Crippen LogP contribution is -2.56. The molecule has 0 atom stereocenters. The summed E-state index contributed by atoms with van der Waals surface area (Å²) in [4.78, 5) is 156. The molecular weight excluding hydrogens is 1680 g/mol. The molecule has 35 heteroatoms. The first-order valence-corrected chi connectivity index (χ1v) is 46.9. The molecule has 5 amide bonds. The van der Waals surface area contributed by atoms with Gasteiger partial charge in [-0.25, -0.2) is 24.7 Å². The maximum atomic E-state index is 13.4. The summed E-state index contributed by atoms with van der Waals surface area (Å²) in [5, 5.41) is 21.2. The summed E-state index contributed by atoms with van der Waals surface area (Å²) in [6, 6.07) is 44.3. The smallest absolute Gasteiger partial charge is 0.410 e. The lowest BCUT2D eigenvalue weighted by atomic mass is 9.82. The Bertz CT molecular complexity index is 6270. The summed E-state index contributed by atoms with van der Waals surface area (Å²) < 4.78 is 35.8. The molecule has 10 heterocycles. The summed E-state index contributed by atoms with van der Waals surface area (Å²) in [6.07, 6.45) is 24.9. The van der Waals surface area contributed by atoms with Gasteiger partial charge in [0.15, 0.2) is 28.9 Å². The first-order chi connectivity index (χ1) is 64.0. The van der Waals surface area contributed by atoms with Crippen molar-refractivity contribution in [3.63, 3.8) is 0 Å². The Kier molecular flexibility index (Phi) is 28.0. The van der Waals surface area contributed by atoms with E-state index < -0.39 is 34.1 Å². The van der Waals surface area contributed by atoms with Gasteiger partial charge in [0.1, 0.15) is 22.4 Å². The monoisotopic (exact) mass is 1800 g/mol. The molecule has 2 saturated heterocycles. The quantitative estimate of drug-likeness (QED) is 0.0279. The lowest BCUT2D eigenvalue weighted by Gasteiger charge is -2.40. The fourth-order valence-corrected chi connectivity index (χ4v) is 18.0. The van der Waals surface area contributed by atoms with Gasteiger partial charge >= 0.3 is 6.09 Å². The molecular formula is C97H117N21O14. The zero-order valence-electron chi connectivity index (χ0n) is 75.2. The van der Waals surface area contributed by atoms with Crippen molar-refractivity contribution in [1.29, 1.82) is 0 Å². The minimum atomic E-state index is -1.14. The summed E-state index contributed by atoms with van der Waals surface area (Å²) in [7, 11) is 0. The van der Waals surface area contributed by atoms with E-state index >= 15 is 0 Å². The Morgan fingerprint density at radius 3 is 0.985 bits per heavy atom. The van der Waals surface area contributed by atoms with E-state index in [1.165, 1.54) is 68.0 Å². The number of nitrogens with one attached hydrogen (secondary N) is 7. The number of carbonyl (C=O) groups excluding carboxylic acids is 5. The second-order valence-electron chi connectivity index (χ2n) is 37.2. The highest BCUT2D eigenvalue weighted by Crippen LogP contribution is 2.39. The molecule has 8 aliphatic rings. The lowest BCUT2D eigenvalue weighted by molar-refractivity contribution is -0.167. The van der Waals surface area contributed by atoms with E-state index in [-0.39, 0.29) is 78.1 Å². The maximum absolute atomic E-state index is 13.4. The molecule has 2 aliphatic heterocycles. The number of nitrogens with zero attached hydrogens (tertiary/aromatic N) is 14. The summed E-state index contributed by atoms with van der Waals surface area (Å²) in [6.45, 7) is 9.37. The largest absolute Gasteiger partial charge is 0.444 e.